The average molecular weight is 331 g/mol. The maximum Gasteiger partial charge on any atom is 0.434 e. The van der Waals surface area contributed by atoms with Crippen molar-refractivity contribution >= 4 is 17.8 Å². The summed E-state index contributed by atoms with van der Waals surface area (Å²) in [5.74, 6) is -2.05. The van der Waals surface area contributed by atoms with Crippen molar-refractivity contribution in [3.8, 4) is 0 Å². The van der Waals surface area contributed by atoms with Crippen molar-refractivity contribution in [3.05, 3.63) is 17.5 Å². The number of anilines is 1. The molecule has 2 rings (SSSR count). The second-order valence-electron chi connectivity index (χ2n) is 5.31. The molecule has 23 heavy (non-hydrogen) atoms. The second-order valence-corrected chi connectivity index (χ2v) is 5.31. The van der Waals surface area contributed by atoms with Crippen LogP contribution in [-0.4, -0.2) is 39.3 Å². The van der Waals surface area contributed by atoms with Crippen molar-refractivity contribution in [2.75, 3.05) is 12.3 Å². The lowest BCUT2D eigenvalue weighted by molar-refractivity contribution is -0.141. The number of halogens is 3. The highest BCUT2D eigenvalue weighted by Crippen LogP contribution is 2.32. The van der Waals surface area contributed by atoms with E-state index in [1.165, 1.54) is 4.90 Å². The Balaban J connectivity index is 2.37. The van der Waals surface area contributed by atoms with E-state index in [0.29, 0.717) is 12.8 Å². The molecule has 0 radical (unpaired) electrons. The van der Waals surface area contributed by atoms with Crippen LogP contribution >= 0.6 is 0 Å². The number of hydrogen-bond acceptors (Lipinski definition) is 5. The fraction of sp³-hybridized carbons (Fsp3) is 0.538. The highest BCUT2D eigenvalue weighted by molar-refractivity contribution is 5.96. The predicted octanol–water partition coefficient (Wildman–Crippen LogP) is 0.948. The third-order valence-corrected chi connectivity index (χ3v) is 3.63. The van der Waals surface area contributed by atoms with Gasteiger partial charge in [-0.3, -0.25) is 9.59 Å². The number of carbonyl (C=O) groups excluding carboxylic acids is 2. The zero-order valence-corrected chi connectivity index (χ0v) is 12.1. The van der Waals surface area contributed by atoms with Crippen LogP contribution in [0.1, 0.15) is 41.7 Å². The van der Waals surface area contributed by atoms with E-state index in [1.807, 2.05) is 0 Å². The summed E-state index contributed by atoms with van der Waals surface area (Å²) in [6.07, 6.45) is -2.25. The molecule has 0 spiro atoms. The quantitative estimate of drug-likeness (QED) is 0.855. The lowest BCUT2D eigenvalue weighted by atomic mass is 9.98. The molecule has 1 fully saturated rings. The number of nitrogen functional groups attached to an aromatic ring is 1. The summed E-state index contributed by atoms with van der Waals surface area (Å²) < 4.78 is 39.2. The molecular weight excluding hydrogens is 315 g/mol. The Morgan fingerprint density at radius 2 is 2.04 bits per heavy atom. The third-order valence-electron chi connectivity index (χ3n) is 3.63. The Morgan fingerprint density at radius 3 is 2.65 bits per heavy atom. The van der Waals surface area contributed by atoms with Crippen LogP contribution in [0.3, 0.4) is 0 Å². The Bertz CT molecular complexity index is 620. The van der Waals surface area contributed by atoms with Gasteiger partial charge in [0.25, 0.3) is 5.91 Å². The molecule has 1 aliphatic heterocycles. The van der Waals surface area contributed by atoms with Gasteiger partial charge < -0.3 is 16.4 Å². The summed E-state index contributed by atoms with van der Waals surface area (Å²) in [5, 5.41) is 0. The average Bonchev–Trinajstić information content (AvgIpc) is 2.45. The summed E-state index contributed by atoms with van der Waals surface area (Å²) in [4.78, 5) is 31.5. The first-order chi connectivity index (χ1) is 10.7. The SMILES string of the molecule is NC(=O)C[C@@H]1CCCCN1C(=O)c1cnc(N)nc1C(F)(F)F. The zero-order valence-electron chi connectivity index (χ0n) is 12.1. The molecule has 10 heteroatoms. The van der Waals surface area contributed by atoms with Crippen LogP contribution < -0.4 is 11.5 Å². The summed E-state index contributed by atoms with van der Waals surface area (Å²) in [7, 11) is 0. The summed E-state index contributed by atoms with van der Waals surface area (Å²) in [6, 6.07) is -0.521. The van der Waals surface area contributed by atoms with Gasteiger partial charge in [0.1, 0.15) is 0 Å². The normalized spacial score (nSPS) is 18.7. The minimum atomic E-state index is -4.84. The molecule has 2 amide bonds. The number of carbonyl (C=O) groups is 2. The number of alkyl halides is 3. The predicted molar refractivity (Wildman–Crippen MR) is 73.9 cm³/mol. The smallest absolute Gasteiger partial charge is 0.370 e. The number of rotatable bonds is 3. The van der Waals surface area contributed by atoms with E-state index in [2.05, 4.69) is 9.97 Å². The van der Waals surface area contributed by atoms with Gasteiger partial charge in [0, 0.05) is 25.2 Å². The van der Waals surface area contributed by atoms with E-state index in [4.69, 9.17) is 11.5 Å². The minimum Gasteiger partial charge on any atom is -0.370 e. The Labute approximate surface area is 129 Å². The second kappa shape index (κ2) is 6.39. The molecule has 0 unspecified atom stereocenters. The van der Waals surface area contributed by atoms with Gasteiger partial charge in [-0.05, 0) is 19.3 Å². The third kappa shape index (κ3) is 3.88. The fourth-order valence-corrected chi connectivity index (χ4v) is 2.64. The van der Waals surface area contributed by atoms with E-state index in [0.717, 1.165) is 12.6 Å². The van der Waals surface area contributed by atoms with Crippen molar-refractivity contribution in [2.45, 2.75) is 37.9 Å². The molecule has 1 aliphatic rings. The summed E-state index contributed by atoms with van der Waals surface area (Å²) in [5.41, 5.74) is 8.28. The Morgan fingerprint density at radius 1 is 1.35 bits per heavy atom. The van der Waals surface area contributed by atoms with Crippen molar-refractivity contribution in [3.63, 3.8) is 0 Å². The Kier molecular flexibility index (Phi) is 4.71. The molecule has 2 heterocycles. The summed E-state index contributed by atoms with van der Waals surface area (Å²) >= 11 is 0. The number of hydrogen-bond donors (Lipinski definition) is 2. The van der Waals surface area contributed by atoms with Gasteiger partial charge in [0.15, 0.2) is 5.69 Å². The monoisotopic (exact) mass is 331 g/mol. The molecule has 1 aromatic rings. The van der Waals surface area contributed by atoms with Crippen LogP contribution in [0.15, 0.2) is 6.20 Å². The maximum atomic E-state index is 13.1. The van der Waals surface area contributed by atoms with Crippen LogP contribution in [0.4, 0.5) is 19.1 Å². The van der Waals surface area contributed by atoms with Gasteiger partial charge in [-0.25, -0.2) is 9.97 Å². The van der Waals surface area contributed by atoms with Crippen molar-refractivity contribution in [2.24, 2.45) is 5.73 Å². The van der Waals surface area contributed by atoms with Gasteiger partial charge in [0.2, 0.25) is 11.9 Å². The zero-order chi connectivity index (χ0) is 17.2. The van der Waals surface area contributed by atoms with Crippen LogP contribution in [-0.2, 0) is 11.0 Å². The van der Waals surface area contributed by atoms with Gasteiger partial charge in [-0.2, -0.15) is 13.2 Å². The standard InChI is InChI=1S/C13H16F3N5O2/c14-13(15,16)10-8(6-19-12(18)20-10)11(23)21-4-2-1-3-7(21)5-9(17)22/h6-7H,1-5H2,(H2,17,22)(H2,18,19,20)/t7-/m0/s1. The lowest BCUT2D eigenvalue weighted by Crippen LogP contribution is -2.46. The number of piperidine rings is 1. The lowest BCUT2D eigenvalue weighted by Gasteiger charge is -2.35. The van der Waals surface area contributed by atoms with Crippen LogP contribution in [0, 0.1) is 0 Å². The minimum absolute atomic E-state index is 0.0943. The largest absolute Gasteiger partial charge is 0.434 e. The van der Waals surface area contributed by atoms with Crippen molar-refractivity contribution < 1.29 is 22.8 Å². The van der Waals surface area contributed by atoms with E-state index in [1.54, 1.807) is 0 Å². The molecule has 0 aliphatic carbocycles. The van der Waals surface area contributed by atoms with E-state index in [-0.39, 0.29) is 13.0 Å². The molecule has 4 N–H and O–H groups in total. The summed E-state index contributed by atoms with van der Waals surface area (Å²) in [6.45, 7) is 0.248. The van der Waals surface area contributed by atoms with Crippen LogP contribution in [0.25, 0.3) is 0 Å². The van der Waals surface area contributed by atoms with Crippen LogP contribution in [0.5, 0.6) is 0 Å². The van der Waals surface area contributed by atoms with E-state index < -0.39 is 41.2 Å². The topological polar surface area (TPSA) is 115 Å². The van der Waals surface area contributed by atoms with Gasteiger partial charge in [-0.1, -0.05) is 0 Å². The van der Waals surface area contributed by atoms with E-state index >= 15 is 0 Å². The molecular formula is C13H16F3N5O2. The highest BCUT2D eigenvalue weighted by Gasteiger charge is 2.40. The fourth-order valence-electron chi connectivity index (χ4n) is 2.64. The Hall–Kier alpha value is -2.39. The van der Waals surface area contributed by atoms with Gasteiger partial charge in [-0.15, -0.1) is 0 Å². The van der Waals surface area contributed by atoms with Gasteiger partial charge >= 0.3 is 6.18 Å². The molecule has 0 aromatic carbocycles. The molecule has 7 nitrogen and oxygen atoms in total. The van der Waals surface area contributed by atoms with Crippen molar-refractivity contribution in [1.29, 1.82) is 0 Å². The molecule has 1 saturated heterocycles. The molecule has 0 bridgehead atoms. The number of nitrogens with two attached hydrogens (primary N) is 2. The first-order valence-corrected chi connectivity index (χ1v) is 6.99. The first-order valence-electron chi connectivity index (χ1n) is 6.99. The number of primary amides is 1. The highest BCUT2D eigenvalue weighted by atomic mass is 19.4. The molecule has 1 aromatic heterocycles. The number of amides is 2. The van der Waals surface area contributed by atoms with Crippen LogP contribution in [0.2, 0.25) is 0 Å². The van der Waals surface area contributed by atoms with Gasteiger partial charge in [0.05, 0.1) is 5.56 Å². The first kappa shape index (κ1) is 17.0. The molecule has 1 atom stereocenters. The van der Waals surface area contributed by atoms with Crippen molar-refractivity contribution in [1.82, 2.24) is 14.9 Å². The molecule has 0 saturated carbocycles. The number of aromatic nitrogens is 2. The van der Waals surface area contributed by atoms with E-state index in [9.17, 15) is 22.8 Å². The number of nitrogens with zero attached hydrogens (tertiary/aromatic N) is 3. The molecule has 126 valence electrons. The maximum absolute atomic E-state index is 13.1. The number of likely N-dealkylation sites (tertiary alicyclic amines) is 1.